The average Bonchev–Trinajstić information content (AvgIpc) is 3.29. The molecular formula is C16H18FN3O5S3. The first-order chi connectivity index (χ1) is 13.1. The molecule has 152 valence electrons. The Morgan fingerprint density at radius 1 is 1.21 bits per heavy atom. The van der Waals surface area contributed by atoms with Crippen LogP contribution in [-0.2, 0) is 31.4 Å². The SMILES string of the molecule is NS(=O)(=O)c1ccc(CNC(=O)C2CCCN2S(=O)(=O)c2ccccc2F)s1. The van der Waals surface area contributed by atoms with E-state index in [4.69, 9.17) is 5.14 Å². The molecule has 12 heteroatoms. The zero-order chi connectivity index (χ0) is 20.5. The monoisotopic (exact) mass is 447 g/mol. The van der Waals surface area contributed by atoms with Gasteiger partial charge in [-0.15, -0.1) is 11.3 Å². The Morgan fingerprint density at radius 2 is 1.93 bits per heavy atom. The number of sulfonamides is 2. The van der Waals surface area contributed by atoms with Gasteiger partial charge in [-0.2, -0.15) is 4.31 Å². The van der Waals surface area contributed by atoms with Crippen LogP contribution in [0.25, 0.3) is 0 Å². The number of benzene rings is 1. The number of nitrogens with one attached hydrogen (secondary N) is 1. The molecule has 1 aliphatic rings. The predicted molar refractivity (Wildman–Crippen MR) is 101 cm³/mol. The minimum atomic E-state index is -4.16. The van der Waals surface area contributed by atoms with Gasteiger partial charge >= 0.3 is 0 Å². The average molecular weight is 448 g/mol. The van der Waals surface area contributed by atoms with Crippen LogP contribution in [0.15, 0.2) is 45.5 Å². The van der Waals surface area contributed by atoms with Crippen LogP contribution >= 0.6 is 11.3 Å². The number of nitrogens with two attached hydrogens (primary N) is 1. The van der Waals surface area contributed by atoms with Crippen molar-refractivity contribution in [1.29, 1.82) is 0 Å². The molecule has 1 fully saturated rings. The molecule has 2 heterocycles. The van der Waals surface area contributed by atoms with Crippen molar-refractivity contribution in [3.63, 3.8) is 0 Å². The second kappa shape index (κ2) is 7.87. The highest BCUT2D eigenvalue weighted by Gasteiger charge is 2.40. The molecule has 0 bridgehead atoms. The maximum absolute atomic E-state index is 14.0. The topological polar surface area (TPSA) is 127 Å². The fourth-order valence-corrected chi connectivity index (χ4v) is 6.41. The zero-order valence-corrected chi connectivity index (χ0v) is 17.0. The molecule has 0 aliphatic carbocycles. The molecule has 1 atom stereocenters. The molecule has 2 aromatic rings. The molecule has 1 aromatic heterocycles. The standard InChI is InChI=1S/C16H18FN3O5S3/c17-12-4-1-2-6-14(12)28(24,25)20-9-3-5-13(20)16(21)19-10-11-7-8-15(26-11)27(18,22)23/h1-2,4,6-8,13H,3,5,9-10H2,(H,19,21)(H2,18,22,23). The van der Waals surface area contributed by atoms with Crippen LogP contribution in [0, 0.1) is 5.82 Å². The van der Waals surface area contributed by atoms with Gasteiger partial charge in [-0.05, 0) is 37.1 Å². The third-order valence-corrected chi connectivity index (χ3v) is 8.75. The summed E-state index contributed by atoms with van der Waals surface area (Å²) in [5.41, 5.74) is 0. The maximum Gasteiger partial charge on any atom is 0.247 e. The molecule has 1 saturated heterocycles. The summed E-state index contributed by atoms with van der Waals surface area (Å²) in [5, 5.41) is 7.66. The summed E-state index contributed by atoms with van der Waals surface area (Å²) in [7, 11) is -7.97. The smallest absolute Gasteiger partial charge is 0.247 e. The summed E-state index contributed by atoms with van der Waals surface area (Å²) in [6.45, 7) is 0.145. The molecule has 1 aliphatic heterocycles. The number of thiophene rings is 1. The summed E-state index contributed by atoms with van der Waals surface area (Å²) < 4.78 is 63.1. The van der Waals surface area contributed by atoms with Crippen LogP contribution < -0.4 is 10.5 Å². The van der Waals surface area contributed by atoms with E-state index < -0.39 is 42.7 Å². The molecule has 1 amide bonds. The summed E-state index contributed by atoms with van der Waals surface area (Å²) in [6, 6.07) is 6.93. The van der Waals surface area contributed by atoms with Crippen LogP contribution in [-0.4, -0.2) is 39.6 Å². The quantitative estimate of drug-likeness (QED) is 0.683. The second-order valence-corrected chi connectivity index (χ2v) is 11.0. The highest BCUT2D eigenvalue weighted by atomic mass is 32.2. The van der Waals surface area contributed by atoms with Gasteiger partial charge in [0.05, 0.1) is 6.54 Å². The Hall–Kier alpha value is -1.86. The lowest BCUT2D eigenvalue weighted by atomic mass is 10.2. The summed E-state index contributed by atoms with van der Waals surface area (Å²) in [6.07, 6.45) is 0.784. The number of carbonyl (C=O) groups is 1. The Labute approximate surface area is 166 Å². The number of amides is 1. The summed E-state index contributed by atoms with van der Waals surface area (Å²) >= 11 is 0.920. The Bertz CT molecular complexity index is 1100. The van der Waals surface area contributed by atoms with Gasteiger partial charge in [0, 0.05) is 11.4 Å². The van der Waals surface area contributed by atoms with Crippen molar-refractivity contribution in [3.8, 4) is 0 Å². The van der Waals surface area contributed by atoms with Gasteiger partial charge in [-0.3, -0.25) is 4.79 Å². The lowest BCUT2D eigenvalue weighted by Crippen LogP contribution is -2.45. The number of nitrogens with zero attached hydrogens (tertiary/aromatic N) is 1. The highest BCUT2D eigenvalue weighted by molar-refractivity contribution is 7.91. The van der Waals surface area contributed by atoms with Crippen molar-refractivity contribution in [2.24, 2.45) is 5.14 Å². The van der Waals surface area contributed by atoms with Crippen molar-refractivity contribution < 1.29 is 26.0 Å². The lowest BCUT2D eigenvalue weighted by molar-refractivity contribution is -0.124. The van der Waals surface area contributed by atoms with Crippen molar-refractivity contribution in [3.05, 3.63) is 47.1 Å². The highest BCUT2D eigenvalue weighted by Crippen LogP contribution is 2.28. The molecule has 28 heavy (non-hydrogen) atoms. The largest absolute Gasteiger partial charge is 0.350 e. The number of hydrogen-bond acceptors (Lipinski definition) is 6. The molecular weight excluding hydrogens is 429 g/mol. The second-order valence-electron chi connectivity index (χ2n) is 6.19. The van der Waals surface area contributed by atoms with Gasteiger partial charge in [0.2, 0.25) is 26.0 Å². The van der Waals surface area contributed by atoms with Gasteiger partial charge in [0.25, 0.3) is 0 Å². The van der Waals surface area contributed by atoms with Crippen LogP contribution in [0.3, 0.4) is 0 Å². The van der Waals surface area contributed by atoms with E-state index in [9.17, 15) is 26.0 Å². The van der Waals surface area contributed by atoms with Gasteiger partial charge < -0.3 is 5.32 Å². The fourth-order valence-electron chi connectivity index (χ4n) is 2.97. The first-order valence-corrected chi connectivity index (χ1v) is 12.1. The molecule has 3 N–H and O–H groups in total. The Morgan fingerprint density at radius 3 is 2.57 bits per heavy atom. The first kappa shape index (κ1) is 20.9. The van der Waals surface area contributed by atoms with Crippen LogP contribution in [0.1, 0.15) is 17.7 Å². The van der Waals surface area contributed by atoms with E-state index in [1.807, 2.05) is 0 Å². The first-order valence-electron chi connectivity index (χ1n) is 8.26. The molecule has 8 nitrogen and oxygen atoms in total. The van der Waals surface area contributed by atoms with E-state index in [2.05, 4.69) is 5.32 Å². The van der Waals surface area contributed by atoms with Gasteiger partial charge in [0.15, 0.2) is 0 Å². The number of halogens is 1. The molecule has 0 saturated carbocycles. The van der Waals surface area contributed by atoms with E-state index in [0.717, 1.165) is 21.7 Å². The van der Waals surface area contributed by atoms with E-state index in [1.165, 1.54) is 30.3 Å². The predicted octanol–water partition coefficient (Wildman–Crippen LogP) is 1.00. The van der Waals surface area contributed by atoms with Crippen LogP contribution in [0.5, 0.6) is 0 Å². The van der Waals surface area contributed by atoms with Gasteiger partial charge in [0.1, 0.15) is 21.0 Å². The van der Waals surface area contributed by atoms with E-state index >= 15 is 0 Å². The zero-order valence-electron chi connectivity index (χ0n) is 14.5. The van der Waals surface area contributed by atoms with Crippen molar-refractivity contribution in [2.45, 2.75) is 34.5 Å². The molecule has 1 aromatic carbocycles. The number of primary sulfonamides is 1. The minimum Gasteiger partial charge on any atom is -0.350 e. The van der Waals surface area contributed by atoms with Crippen molar-refractivity contribution in [2.75, 3.05) is 6.54 Å². The van der Waals surface area contributed by atoms with Crippen LogP contribution in [0.2, 0.25) is 0 Å². The Balaban J connectivity index is 1.73. The number of rotatable bonds is 6. The van der Waals surface area contributed by atoms with Gasteiger partial charge in [-0.1, -0.05) is 12.1 Å². The molecule has 3 rings (SSSR count). The summed E-state index contributed by atoms with van der Waals surface area (Å²) in [4.78, 5) is 12.6. The van der Waals surface area contributed by atoms with E-state index in [0.29, 0.717) is 17.7 Å². The molecule has 0 radical (unpaired) electrons. The molecule has 1 unspecified atom stereocenters. The van der Waals surface area contributed by atoms with Crippen molar-refractivity contribution >= 4 is 37.3 Å². The maximum atomic E-state index is 14.0. The Kier molecular flexibility index (Phi) is 5.87. The van der Waals surface area contributed by atoms with Gasteiger partial charge in [-0.25, -0.2) is 26.4 Å². The molecule has 0 spiro atoms. The van der Waals surface area contributed by atoms with Crippen molar-refractivity contribution in [1.82, 2.24) is 9.62 Å². The minimum absolute atomic E-state index is 0.0265. The van der Waals surface area contributed by atoms with E-state index in [1.54, 1.807) is 0 Å². The lowest BCUT2D eigenvalue weighted by Gasteiger charge is -2.23. The summed E-state index contributed by atoms with van der Waals surface area (Å²) in [5.74, 6) is -1.40. The van der Waals surface area contributed by atoms with E-state index in [-0.39, 0.29) is 17.3 Å². The number of carbonyl (C=O) groups excluding carboxylic acids is 1. The fraction of sp³-hybridized carbons (Fsp3) is 0.312. The third-order valence-electron chi connectivity index (χ3n) is 4.28. The third kappa shape index (κ3) is 4.25. The normalized spacial score (nSPS) is 18.3. The number of hydrogen-bond donors (Lipinski definition) is 2. The van der Waals surface area contributed by atoms with Crippen LogP contribution in [0.4, 0.5) is 4.39 Å².